The van der Waals surface area contributed by atoms with Crippen molar-refractivity contribution in [3.05, 3.63) is 24.4 Å². The highest BCUT2D eigenvalue weighted by molar-refractivity contribution is 7.09. The van der Waals surface area contributed by atoms with E-state index in [4.69, 9.17) is 4.74 Å². The van der Waals surface area contributed by atoms with Crippen molar-refractivity contribution in [2.24, 2.45) is 0 Å². The third kappa shape index (κ3) is 1.43. The van der Waals surface area contributed by atoms with Crippen molar-refractivity contribution in [1.29, 1.82) is 0 Å². The van der Waals surface area contributed by atoms with Gasteiger partial charge in [0.25, 0.3) is 0 Å². The SMILES string of the molecule is COc1ccc2nc(-c3cnns3)[nH]c2c1. The van der Waals surface area contributed by atoms with Crippen LogP contribution in [0, 0.1) is 0 Å². The molecule has 0 saturated carbocycles. The van der Waals surface area contributed by atoms with Crippen LogP contribution in [0.5, 0.6) is 5.75 Å². The lowest BCUT2D eigenvalue weighted by Gasteiger charge is -1.96. The zero-order valence-corrected chi connectivity index (χ0v) is 9.28. The van der Waals surface area contributed by atoms with Gasteiger partial charge in [-0.3, -0.25) is 0 Å². The minimum Gasteiger partial charge on any atom is -0.497 e. The van der Waals surface area contributed by atoms with Crippen LogP contribution in [0.2, 0.25) is 0 Å². The number of hydrogen-bond acceptors (Lipinski definition) is 5. The van der Waals surface area contributed by atoms with E-state index in [9.17, 15) is 0 Å². The first-order chi connectivity index (χ1) is 7.86. The van der Waals surface area contributed by atoms with Crippen molar-refractivity contribution < 1.29 is 4.74 Å². The Morgan fingerprint density at radius 2 is 2.31 bits per heavy atom. The molecule has 3 rings (SSSR count). The van der Waals surface area contributed by atoms with E-state index in [1.165, 1.54) is 11.5 Å². The average molecular weight is 232 g/mol. The molecule has 1 aromatic carbocycles. The molecule has 0 radical (unpaired) electrons. The molecular weight excluding hydrogens is 224 g/mol. The highest BCUT2D eigenvalue weighted by Crippen LogP contribution is 2.24. The Bertz CT molecular complexity index is 617. The van der Waals surface area contributed by atoms with Crippen LogP contribution >= 0.6 is 11.5 Å². The quantitative estimate of drug-likeness (QED) is 0.734. The van der Waals surface area contributed by atoms with Crippen molar-refractivity contribution in [3.63, 3.8) is 0 Å². The van der Waals surface area contributed by atoms with Crippen LogP contribution in [0.15, 0.2) is 24.4 Å². The van der Waals surface area contributed by atoms with Gasteiger partial charge >= 0.3 is 0 Å². The van der Waals surface area contributed by atoms with Gasteiger partial charge in [0.15, 0.2) is 5.82 Å². The number of fused-ring (bicyclic) bond motifs is 1. The number of benzene rings is 1. The molecule has 0 unspecified atom stereocenters. The number of rotatable bonds is 2. The predicted octanol–water partition coefficient (Wildman–Crippen LogP) is 2.09. The first-order valence-corrected chi connectivity index (χ1v) is 5.45. The van der Waals surface area contributed by atoms with Crippen molar-refractivity contribution >= 4 is 22.6 Å². The molecule has 5 nitrogen and oxygen atoms in total. The van der Waals surface area contributed by atoms with Gasteiger partial charge < -0.3 is 9.72 Å². The summed E-state index contributed by atoms with van der Waals surface area (Å²) >= 11 is 1.32. The molecule has 0 aliphatic carbocycles. The highest BCUT2D eigenvalue weighted by atomic mass is 32.1. The fourth-order valence-electron chi connectivity index (χ4n) is 1.50. The Morgan fingerprint density at radius 1 is 1.38 bits per heavy atom. The molecule has 0 amide bonds. The molecule has 0 spiro atoms. The number of imidazole rings is 1. The molecule has 6 heteroatoms. The summed E-state index contributed by atoms with van der Waals surface area (Å²) in [5.41, 5.74) is 1.85. The summed E-state index contributed by atoms with van der Waals surface area (Å²) in [6.45, 7) is 0. The fraction of sp³-hybridized carbons (Fsp3) is 0.100. The number of aromatic amines is 1. The van der Waals surface area contributed by atoms with Gasteiger partial charge in [0.1, 0.15) is 10.6 Å². The molecule has 0 atom stereocenters. The van der Waals surface area contributed by atoms with E-state index in [0.717, 1.165) is 27.5 Å². The van der Waals surface area contributed by atoms with Crippen LogP contribution in [-0.2, 0) is 0 Å². The summed E-state index contributed by atoms with van der Waals surface area (Å²) in [5, 5.41) is 3.79. The lowest BCUT2D eigenvalue weighted by atomic mass is 10.3. The molecule has 0 aliphatic rings. The Hall–Kier alpha value is -1.95. The number of nitrogens with zero attached hydrogens (tertiary/aromatic N) is 3. The van der Waals surface area contributed by atoms with E-state index >= 15 is 0 Å². The molecule has 0 fully saturated rings. The van der Waals surface area contributed by atoms with Crippen LogP contribution in [-0.4, -0.2) is 26.7 Å². The molecule has 3 aromatic rings. The second-order valence-corrected chi connectivity index (χ2v) is 4.04. The number of nitrogens with one attached hydrogen (secondary N) is 1. The van der Waals surface area contributed by atoms with E-state index in [1.54, 1.807) is 13.3 Å². The second kappa shape index (κ2) is 3.57. The first-order valence-electron chi connectivity index (χ1n) is 4.68. The minimum absolute atomic E-state index is 0.790. The van der Waals surface area contributed by atoms with Crippen LogP contribution in [0.4, 0.5) is 0 Å². The van der Waals surface area contributed by atoms with E-state index < -0.39 is 0 Å². The summed E-state index contributed by atoms with van der Waals surface area (Å²) < 4.78 is 8.96. The topological polar surface area (TPSA) is 63.7 Å². The van der Waals surface area contributed by atoms with Gasteiger partial charge in [-0.05, 0) is 23.7 Å². The maximum Gasteiger partial charge on any atom is 0.151 e. The maximum absolute atomic E-state index is 5.15. The van der Waals surface area contributed by atoms with Crippen LogP contribution in [0.25, 0.3) is 21.7 Å². The molecule has 1 N–H and O–H groups in total. The van der Waals surface area contributed by atoms with Gasteiger partial charge in [0.2, 0.25) is 0 Å². The van der Waals surface area contributed by atoms with Gasteiger partial charge in [0, 0.05) is 6.07 Å². The number of aromatic nitrogens is 4. The van der Waals surface area contributed by atoms with Gasteiger partial charge in [-0.2, -0.15) is 0 Å². The lowest BCUT2D eigenvalue weighted by molar-refractivity contribution is 0.415. The summed E-state index contributed by atoms with van der Waals surface area (Å²) in [6.07, 6.45) is 1.69. The Balaban J connectivity index is 2.16. The number of methoxy groups -OCH3 is 1. The molecule has 0 saturated heterocycles. The third-order valence-electron chi connectivity index (χ3n) is 2.28. The van der Waals surface area contributed by atoms with E-state index in [2.05, 4.69) is 19.6 Å². The summed E-state index contributed by atoms with van der Waals surface area (Å²) in [5.74, 6) is 1.60. The van der Waals surface area contributed by atoms with E-state index in [1.807, 2.05) is 18.2 Å². The average Bonchev–Trinajstić information content (AvgIpc) is 2.96. The van der Waals surface area contributed by atoms with Gasteiger partial charge in [-0.15, -0.1) is 5.10 Å². The van der Waals surface area contributed by atoms with Crippen LogP contribution < -0.4 is 4.74 Å². The largest absolute Gasteiger partial charge is 0.497 e. The van der Waals surface area contributed by atoms with Crippen molar-refractivity contribution in [1.82, 2.24) is 19.6 Å². The van der Waals surface area contributed by atoms with Gasteiger partial charge in [-0.1, -0.05) is 4.49 Å². The smallest absolute Gasteiger partial charge is 0.151 e. The van der Waals surface area contributed by atoms with Crippen molar-refractivity contribution in [2.75, 3.05) is 7.11 Å². The molecule has 2 heterocycles. The standard InChI is InChI=1S/C10H8N4OS/c1-15-6-2-3-7-8(4-6)13-10(12-7)9-5-11-14-16-9/h2-5H,1H3,(H,12,13). The van der Waals surface area contributed by atoms with Crippen molar-refractivity contribution in [3.8, 4) is 16.5 Å². The third-order valence-corrected chi connectivity index (χ3v) is 2.96. The normalized spacial score (nSPS) is 10.8. The van der Waals surface area contributed by atoms with Gasteiger partial charge in [0.05, 0.1) is 24.3 Å². The molecular formula is C10H8N4OS. The molecule has 80 valence electrons. The predicted molar refractivity (Wildman–Crippen MR) is 61.5 cm³/mol. The van der Waals surface area contributed by atoms with Crippen molar-refractivity contribution in [2.45, 2.75) is 0 Å². The van der Waals surface area contributed by atoms with Gasteiger partial charge in [-0.25, -0.2) is 4.98 Å². The zero-order chi connectivity index (χ0) is 11.0. The van der Waals surface area contributed by atoms with E-state index in [-0.39, 0.29) is 0 Å². The van der Waals surface area contributed by atoms with Crippen LogP contribution in [0.1, 0.15) is 0 Å². The number of ether oxygens (including phenoxy) is 1. The molecule has 16 heavy (non-hydrogen) atoms. The highest BCUT2D eigenvalue weighted by Gasteiger charge is 2.07. The monoisotopic (exact) mass is 232 g/mol. The Morgan fingerprint density at radius 3 is 3.06 bits per heavy atom. The lowest BCUT2D eigenvalue weighted by Crippen LogP contribution is -1.81. The fourth-order valence-corrected chi connectivity index (χ4v) is 1.96. The first kappa shape index (κ1) is 9.29. The summed E-state index contributed by atoms with van der Waals surface area (Å²) in [4.78, 5) is 8.59. The minimum atomic E-state index is 0.790. The Labute approximate surface area is 95.3 Å². The maximum atomic E-state index is 5.15. The molecule has 0 aliphatic heterocycles. The van der Waals surface area contributed by atoms with E-state index in [0.29, 0.717) is 0 Å². The molecule has 0 bridgehead atoms. The number of H-pyrrole nitrogens is 1. The summed E-state index contributed by atoms with van der Waals surface area (Å²) in [6, 6.07) is 5.72. The molecule has 2 aromatic heterocycles. The zero-order valence-electron chi connectivity index (χ0n) is 8.47. The Kier molecular flexibility index (Phi) is 2.07. The summed E-state index contributed by atoms with van der Waals surface area (Å²) in [7, 11) is 1.64. The number of hydrogen-bond donors (Lipinski definition) is 1. The van der Waals surface area contributed by atoms with Crippen LogP contribution in [0.3, 0.4) is 0 Å². The second-order valence-electron chi connectivity index (χ2n) is 3.25.